The lowest BCUT2D eigenvalue weighted by molar-refractivity contribution is 0.124. The Kier molecular flexibility index (Phi) is 5.51. The molecule has 120 valence electrons. The third-order valence-corrected chi connectivity index (χ3v) is 6.58. The van der Waals surface area contributed by atoms with Gasteiger partial charge in [-0.1, -0.05) is 11.3 Å². The van der Waals surface area contributed by atoms with Crippen molar-refractivity contribution in [3.05, 3.63) is 41.5 Å². The van der Waals surface area contributed by atoms with E-state index in [0.717, 1.165) is 51.5 Å². The highest BCUT2D eigenvalue weighted by Crippen LogP contribution is 2.23. The van der Waals surface area contributed by atoms with Crippen molar-refractivity contribution in [3.63, 3.8) is 0 Å². The summed E-state index contributed by atoms with van der Waals surface area (Å²) in [7, 11) is 0. The Morgan fingerprint density at radius 1 is 1.14 bits per heavy atom. The molecule has 4 nitrogen and oxygen atoms in total. The summed E-state index contributed by atoms with van der Waals surface area (Å²) < 4.78 is 3.10. The summed E-state index contributed by atoms with van der Waals surface area (Å²) in [4.78, 5) is 18.3. The van der Waals surface area contributed by atoms with Gasteiger partial charge in [0, 0.05) is 61.8 Å². The Morgan fingerprint density at radius 2 is 1.86 bits per heavy atom. The number of rotatable bonds is 5. The van der Waals surface area contributed by atoms with Crippen LogP contribution in [0.2, 0.25) is 0 Å². The number of hydrogen-bond donors (Lipinski definition) is 0. The van der Waals surface area contributed by atoms with Gasteiger partial charge in [0.05, 0.1) is 3.79 Å². The molecule has 0 aromatic carbocycles. The van der Waals surface area contributed by atoms with Gasteiger partial charge < -0.3 is 4.57 Å². The first kappa shape index (κ1) is 16.4. The summed E-state index contributed by atoms with van der Waals surface area (Å²) in [5, 5.41) is 1.94. The maximum Gasteiger partial charge on any atom is 0.307 e. The average molecular weight is 402 g/mol. The molecule has 0 bridgehead atoms. The van der Waals surface area contributed by atoms with Gasteiger partial charge in [0.2, 0.25) is 0 Å². The number of hydrogen-bond acceptors (Lipinski definition) is 5. The van der Waals surface area contributed by atoms with Gasteiger partial charge in [0.25, 0.3) is 0 Å². The van der Waals surface area contributed by atoms with E-state index in [9.17, 15) is 4.79 Å². The Hall–Kier alpha value is -0.470. The number of nitrogens with zero attached hydrogens (tertiary/aromatic N) is 3. The Balaban J connectivity index is 1.45. The molecule has 2 aromatic rings. The first-order valence-electron chi connectivity index (χ1n) is 7.45. The van der Waals surface area contributed by atoms with Gasteiger partial charge in [-0.05, 0) is 35.0 Å². The Bertz CT molecular complexity index is 670. The van der Waals surface area contributed by atoms with Crippen molar-refractivity contribution in [1.82, 2.24) is 14.4 Å². The lowest BCUT2D eigenvalue weighted by atomic mass is 10.3. The molecule has 0 amide bonds. The van der Waals surface area contributed by atoms with Crippen LogP contribution in [0.3, 0.4) is 0 Å². The Labute approximate surface area is 147 Å². The van der Waals surface area contributed by atoms with Crippen LogP contribution >= 0.6 is 38.6 Å². The maximum atomic E-state index is 11.7. The second-order valence-electron chi connectivity index (χ2n) is 5.62. The highest BCUT2D eigenvalue weighted by Gasteiger charge is 2.17. The van der Waals surface area contributed by atoms with Crippen molar-refractivity contribution < 1.29 is 0 Å². The first-order valence-corrected chi connectivity index (χ1v) is 9.94. The van der Waals surface area contributed by atoms with Crippen molar-refractivity contribution in [3.8, 4) is 0 Å². The third kappa shape index (κ3) is 4.08. The van der Waals surface area contributed by atoms with E-state index < -0.39 is 0 Å². The summed E-state index contributed by atoms with van der Waals surface area (Å²) in [6.45, 7) is 9.22. The lowest BCUT2D eigenvalue weighted by Crippen LogP contribution is -2.46. The van der Waals surface area contributed by atoms with Crippen molar-refractivity contribution in [2.75, 3.05) is 32.7 Å². The fraction of sp³-hybridized carbons (Fsp3) is 0.533. The molecule has 0 N–H and O–H groups in total. The van der Waals surface area contributed by atoms with Crippen LogP contribution in [0.5, 0.6) is 0 Å². The van der Waals surface area contributed by atoms with Crippen molar-refractivity contribution >= 4 is 38.6 Å². The van der Waals surface area contributed by atoms with Crippen LogP contribution in [0.15, 0.2) is 26.1 Å². The number of piperazine rings is 1. The van der Waals surface area contributed by atoms with Crippen LogP contribution in [0, 0.1) is 6.92 Å². The van der Waals surface area contributed by atoms with E-state index in [1.165, 1.54) is 20.0 Å². The van der Waals surface area contributed by atoms with Gasteiger partial charge in [-0.3, -0.25) is 14.6 Å². The van der Waals surface area contributed by atoms with E-state index in [0.29, 0.717) is 0 Å². The van der Waals surface area contributed by atoms with Crippen LogP contribution in [0.4, 0.5) is 0 Å². The molecule has 1 aliphatic heterocycles. The van der Waals surface area contributed by atoms with Crippen LogP contribution in [0.25, 0.3) is 0 Å². The highest BCUT2D eigenvalue weighted by atomic mass is 79.9. The van der Waals surface area contributed by atoms with E-state index in [1.54, 1.807) is 0 Å². The number of aryl methyl sites for hydroxylation is 1. The molecular formula is C15H20BrN3OS2. The van der Waals surface area contributed by atoms with E-state index in [-0.39, 0.29) is 4.87 Å². The zero-order chi connectivity index (χ0) is 15.5. The first-order chi connectivity index (χ1) is 10.6. The molecule has 0 atom stereocenters. The number of thiophene rings is 1. The van der Waals surface area contributed by atoms with Crippen molar-refractivity contribution in [1.29, 1.82) is 0 Å². The van der Waals surface area contributed by atoms with Crippen LogP contribution in [-0.2, 0) is 13.1 Å². The van der Waals surface area contributed by atoms with E-state index in [1.807, 2.05) is 28.2 Å². The molecular weight excluding hydrogens is 382 g/mol. The molecule has 1 fully saturated rings. The molecule has 7 heteroatoms. The monoisotopic (exact) mass is 401 g/mol. The minimum Gasteiger partial charge on any atom is -0.302 e. The van der Waals surface area contributed by atoms with Gasteiger partial charge in [0.15, 0.2) is 0 Å². The molecule has 0 saturated carbocycles. The third-order valence-electron chi connectivity index (χ3n) is 4.09. The SMILES string of the molecule is Cc1csc(=O)n1CCN1CCN(Cc2ccc(Br)s2)CC1. The molecule has 0 radical (unpaired) electrons. The largest absolute Gasteiger partial charge is 0.307 e. The van der Waals surface area contributed by atoms with Gasteiger partial charge in [-0.15, -0.1) is 11.3 Å². The van der Waals surface area contributed by atoms with E-state index >= 15 is 0 Å². The van der Waals surface area contributed by atoms with E-state index in [4.69, 9.17) is 0 Å². The van der Waals surface area contributed by atoms with Crippen molar-refractivity contribution in [2.45, 2.75) is 20.0 Å². The smallest absolute Gasteiger partial charge is 0.302 e. The predicted molar refractivity (Wildman–Crippen MR) is 97.1 cm³/mol. The van der Waals surface area contributed by atoms with E-state index in [2.05, 4.69) is 37.9 Å². The van der Waals surface area contributed by atoms with Crippen LogP contribution in [0.1, 0.15) is 10.6 Å². The molecule has 22 heavy (non-hydrogen) atoms. The second kappa shape index (κ2) is 7.40. The molecule has 0 unspecified atom stereocenters. The molecule has 3 rings (SSSR count). The summed E-state index contributed by atoms with van der Waals surface area (Å²) in [6, 6.07) is 4.32. The van der Waals surface area contributed by atoms with Gasteiger partial charge in [-0.25, -0.2) is 0 Å². The zero-order valence-electron chi connectivity index (χ0n) is 12.6. The predicted octanol–water partition coefficient (Wildman–Crippen LogP) is 2.86. The second-order valence-corrected chi connectivity index (χ2v) is 8.99. The number of halogens is 1. The average Bonchev–Trinajstić information content (AvgIpc) is 3.05. The topological polar surface area (TPSA) is 28.5 Å². The quantitative estimate of drug-likeness (QED) is 0.770. The number of aromatic nitrogens is 1. The molecule has 1 aliphatic rings. The molecule has 3 heterocycles. The molecule has 1 saturated heterocycles. The Morgan fingerprint density at radius 3 is 2.45 bits per heavy atom. The maximum absolute atomic E-state index is 11.7. The van der Waals surface area contributed by atoms with Gasteiger partial charge >= 0.3 is 4.87 Å². The summed E-state index contributed by atoms with van der Waals surface area (Å²) in [6.07, 6.45) is 0. The fourth-order valence-electron chi connectivity index (χ4n) is 2.74. The summed E-state index contributed by atoms with van der Waals surface area (Å²) >= 11 is 6.64. The van der Waals surface area contributed by atoms with Crippen LogP contribution in [-0.4, -0.2) is 47.1 Å². The van der Waals surface area contributed by atoms with Crippen LogP contribution < -0.4 is 4.87 Å². The summed E-state index contributed by atoms with van der Waals surface area (Å²) in [5.41, 5.74) is 1.08. The summed E-state index contributed by atoms with van der Waals surface area (Å²) in [5.74, 6) is 0. The van der Waals surface area contributed by atoms with Gasteiger partial charge in [0.1, 0.15) is 0 Å². The fourth-order valence-corrected chi connectivity index (χ4v) is 5.03. The normalized spacial score (nSPS) is 17.2. The minimum atomic E-state index is 0.166. The zero-order valence-corrected chi connectivity index (χ0v) is 15.8. The minimum absolute atomic E-state index is 0.166. The van der Waals surface area contributed by atoms with Crippen molar-refractivity contribution in [2.24, 2.45) is 0 Å². The lowest BCUT2D eigenvalue weighted by Gasteiger charge is -2.34. The number of thiazole rings is 1. The van der Waals surface area contributed by atoms with Gasteiger partial charge in [-0.2, -0.15) is 0 Å². The molecule has 2 aromatic heterocycles. The highest BCUT2D eigenvalue weighted by molar-refractivity contribution is 9.11. The molecule has 0 spiro atoms. The molecule has 0 aliphatic carbocycles. The standard InChI is InChI=1S/C15H20BrN3OS2/c1-12-11-21-15(20)19(12)9-8-17-4-6-18(7-5-17)10-13-2-3-14(16)22-13/h2-3,11H,4-10H2,1H3.